The molecule has 1 saturated heterocycles. The first-order valence-electron chi connectivity index (χ1n) is 9.63. The van der Waals surface area contributed by atoms with Gasteiger partial charge in [0.25, 0.3) is 0 Å². The van der Waals surface area contributed by atoms with E-state index in [9.17, 15) is 10.1 Å². The summed E-state index contributed by atoms with van der Waals surface area (Å²) < 4.78 is 0. The molecule has 2 fully saturated rings. The number of nitrogens with one attached hydrogen (secondary N) is 1. The highest BCUT2D eigenvalue weighted by Crippen LogP contribution is 2.58. The van der Waals surface area contributed by atoms with Gasteiger partial charge in [-0.25, -0.2) is 0 Å². The molecule has 5 heteroatoms. The molecule has 4 nitrogen and oxygen atoms in total. The Kier molecular flexibility index (Phi) is 4.49. The van der Waals surface area contributed by atoms with Crippen molar-refractivity contribution in [2.24, 2.45) is 11.1 Å². The highest BCUT2D eigenvalue weighted by molar-refractivity contribution is 6.31. The molecule has 2 aliphatic rings. The summed E-state index contributed by atoms with van der Waals surface area (Å²) in [5.74, 6) is 0.0569. The normalized spacial score (nSPS) is 31.8. The molecule has 4 atom stereocenters. The van der Waals surface area contributed by atoms with Crippen LogP contribution in [-0.4, -0.2) is 18.0 Å². The van der Waals surface area contributed by atoms with E-state index < -0.39 is 11.0 Å². The number of aryl methyl sites for hydroxylation is 1. The summed E-state index contributed by atoms with van der Waals surface area (Å²) in [5.41, 5.74) is 9.59. The van der Waals surface area contributed by atoms with Crippen LogP contribution in [0.3, 0.4) is 0 Å². The van der Waals surface area contributed by atoms with Crippen LogP contribution >= 0.6 is 11.6 Å². The lowest BCUT2D eigenvalue weighted by Gasteiger charge is -2.52. The van der Waals surface area contributed by atoms with E-state index in [2.05, 4.69) is 42.6 Å². The minimum absolute atomic E-state index is 0.0384. The Morgan fingerprint density at radius 2 is 1.96 bits per heavy atom. The van der Waals surface area contributed by atoms with Crippen LogP contribution in [0.25, 0.3) is 0 Å². The minimum atomic E-state index is -0.709. The van der Waals surface area contributed by atoms with E-state index >= 15 is 0 Å². The van der Waals surface area contributed by atoms with Crippen molar-refractivity contribution in [1.82, 2.24) is 5.32 Å². The first kappa shape index (κ1) is 19.0. The molecule has 0 aromatic heterocycles. The average molecular weight is 394 g/mol. The molecule has 144 valence electrons. The minimum Gasteiger partial charge on any atom is -0.354 e. The molecule has 3 N–H and O–H groups in total. The number of benzene rings is 2. The highest BCUT2D eigenvalue weighted by atomic mass is 35.5. The van der Waals surface area contributed by atoms with Gasteiger partial charge in [-0.3, -0.25) is 4.79 Å². The first-order valence-corrected chi connectivity index (χ1v) is 10.0. The van der Waals surface area contributed by atoms with Gasteiger partial charge in [0.1, 0.15) is 0 Å². The zero-order chi connectivity index (χ0) is 20.1. The van der Waals surface area contributed by atoms with E-state index in [1.54, 1.807) is 6.07 Å². The molecule has 1 aliphatic heterocycles. The number of rotatable bonds is 2. The number of nitrogens with two attached hydrogens (primary N) is 1. The number of halogens is 1. The van der Waals surface area contributed by atoms with Crippen molar-refractivity contribution in [3.8, 4) is 6.07 Å². The van der Waals surface area contributed by atoms with E-state index in [1.807, 2.05) is 19.1 Å². The molecule has 0 radical (unpaired) electrons. The van der Waals surface area contributed by atoms with Crippen molar-refractivity contribution in [3.05, 3.63) is 69.7 Å². The predicted octanol–water partition coefficient (Wildman–Crippen LogP) is 4.01. The van der Waals surface area contributed by atoms with Gasteiger partial charge in [-0.15, -0.1) is 0 Å². The molecule has 0 bridgehead atoms. The lowest BCUT2D eigenvalue weighted by molar-refractivity contribution is -0.130. The molecule has 1 amide bonds. The zero-order valence-corrected chi connectivity index (χ0v) is 16.9. The number of fused-ring (bicyclic) bond motifs is 1. The third kappa shape index (κ3) is 2.65. The summed E-state index contributed by atoms with van der Waals surface area (Å²) in [7, 11) is 0. The molecule has 4 rings (SSSR count). The van der Waals surface area contributed by atoms with E-state index in [-0.39, 0.29) is 17.7 Å². The number of hydrogen-bond acceptors (Lipinski definition) is 3. The molecule has 0 spiro atoms. The summed E-state index contributed by atoms with van der Waals surface area (Å²) in [6, 6.07) is 16.0. The molecular weight excluding hydrogens is 370 g/mol. The second-order valence-electron chi connectivity index (χ2n) is 8.44. The van der Waals surface area contributed by atoms with Gasteiger partial charge >= 0.3 is 0 Å². The molecule has 1 saturated carbocycles. The van der Waals surface area contributed by atoms with Crippen molar-refractivity contribution in [1.29, 1.82) is 5.26 Å². The maximum Gasteiger partial charge on any atom is 0.227 e. The lowest BCUT2D eigenvalue weighted by atomic mass is 9.53. The van der Waals surface area contributed by atoms with E-state index in [4.69, 9.17) is 17.3 Å². The fraction of sp³-hybridized carbons (Fsp3) is 0.391. The van der Waals surface area contributed by atoms with Gasteiger partial charge in [0.15, 0.2) is 0 Å². The van der Waals surface area contributed by atoms with Gasteiger partial charge < -0.3 is 11.1 Å². The van der Waals surface area contributed by atoms with Crippen molar-refractivity contribution in [3.63, 3.8) is 0 Å². The Balaban J connectivity index is 1.88. The largest absolute Gasteiger partial charge is 0.354 e. The van der Waals surface area contributed by atoms with Crippen molar-refractivity contribution >= 4 is 17.5 Å². The Bertz CT molecular complexity index is 980. The Labute approximate surface area is 170 Å². The van der Waals surface area contributed by atoms with Crippen molar-refractivity contribution in [2.75, 3.05) is 6.54 Å². The quantitative estimate of drug-likeness (QED) is 0.808. The Morgan fingerprint density at radius 1 is 1.25 bits per heavy atom. The Hall–Kier alpha value is -2.35. The topological polar surface area (TPSA) is 78.9 Å². The third-order valence-corrected chi connectivity index (χ3v) is 7.28. The number of carbonyl (C=O) groups excluding carboxylic acids is 1. The molecule has 28 heavy (non-hydrogen) atoms. The first-order chi connectivity index (χ1) is 13.3. The molecule has 2 aromatic rings. The van der Waals surface area contributed by atoms with Crippen LogP contribution in [-0.2, 0) is 4.79 Å². The Morgan fingerprint density at radius 3 is 2.61 bits per heavy atom. The number of hydrogen-bond donors (Lipinski definition) is 2. The maximum atomic E-state index is 12.7. The lowest BCUT2D eigenvalue weighted by Crippen LogP contribution is -2.62. The number of amides is 1. The van der Waals surface area contributed by atoms with Gasteiger partial charge in [0.2, 0.25) is 5.91 Å². The standard InChI is InChI=1S/C23H24ClN3O/c1-14-3-6-16(7-4-14)20-18(17-8-5-15(12-25)11-19(17)24)9-10-22(2)21(28)27-13-23(20,22)26/h3-8,11,18,20H,9-10,13,26H2,1-2H3,(H,27,28). The second-order valence-corrected chi connectivity index (χ2v) is 8.84. The molecule has 1 aliphatic carbocycles. The highest BCUT2D eigenvalue weighted by Gasteiger charge is 2.63. The summed E-state index contributed by atoms with van der Waals surface area (Å²) in [4.78, 5) is 12.7. The van der Waals surface area contributed by atoms with Gasteiger partial charge in [-0.05, 0) is 55.9 Å². The summed E-state index contributed by atoms with van der Waals surface area (Å²) >= 11 is 6.60. The monoisotopic (exact) mass is 393 g/mol. The van der Waals surface area contributed by atoms with Gasteiger partial charge in [-0.2, -0.15) is 5.26 Å². The SMILES string of the molecule is Cc1ccc(C2C(c3ccc(C#N)cc3Cl)CCC3(C)C(=O)NCC23N)cc1. The van der Waals surface area contributed by atoms with Crippen LogP contribution in [0.15, 0.2) is 42.5 Å². The van der Waals surface area contributed by atoms with Crippen molar-refractivity contribution < 1.29 is 4.79 Å². The summed E-state index contributed by atoms with van der Waals surface area (Å²) in [6.07, 6.45) is 1.52. The van der Waals surface area contributed by atoms with Gasteiger partial charge in [0, 0.05) is 17.5 Å². The second kappa shape index (κ2) is 6.62. The summed E-state index contributed by atoms with van der Waals surface area (Å²) in [6.45, 7) is 4.50. The van der Waals surface area contributed by atoms with Gasteiger partial charge in [-0.1, -0.05) is 47.5 Å². The van der Waals surface area contributed by atoms with E-state index in [1.165, 1.54) is 5.56 Å². The van der Waals surface area contributed by atoms with Crippen molar-refractivity contribution in [2.45, 2.75) is 44.1 Å². The average Bonchev–Trinajstić information content (AvgIpc) is 2.92. The molecular formula is C23H24ClN3O. The predicted molar refractivity (Wildman–Crippen MR) is 110 cm³/mol. The zero-order valence-electron chi connectivity index (χ0n) is 16.1. The van der Waals surface area contributed by atoms with E-state index in [0.717, 1.165) is 17.5 Å². The maximum absolute atomic E-state index is 12.7. The van der Waals surface area contributed by atoms with E-state index in [0.29, 0.717) is 23.6 Å². The van der Waals surface area contributed by atoms with Crippen LogP contribution in [0.4, 0.5) is 0 Å². The van der Waals surface area contributed by atoms with Gasteiger partial charge in [0.05, 0.1) is 22.6 Å². The number of nitrogens with zero attached hydrogens (tertiary/aromatic N) is 1. The van der Waals surface area contributed by atoms with Crippen LogP contribution in [0, 0.1) is 23.7 Å². The fourth-order valence-electron chi connectivity index (χ4n) is 5.13. The smallest absolute Gasteiger partial charge is 0.227 e. The molecule has 2 aromatic carbocycles. The van der Waals surface area contributed by atoms with Crippen LogP contribution in [0.2, 0.25) is 5.02 Å². The summed E-state index contributed by atoms with van der Waals surface area (Å²) in [5, 5.41) is 12.8. The number of nitriles is 1. The van der Waals surface area contributed by atoms with Crippen LogP contribution in [0.5, 0.6) is 0 Å². The van der Waals surface area contributed by atoms with Crippen LogP contribution in [0.1, 0.15) is 53.9 Å². The number of carbonyl (C=O) groups is 1. The molecule has 4 unspecified atom stereocenters. The fourth-order valence-corrected chi connectivity index (χ4v) is 5.45. The third-order valence-electron chi connectivity index (χ3n) is 6.95. The molecule has 1 heterocycles. The van der Waals surface area contributed by atoms with Crippen LogP contribution < -0.4 is 11.1 Å².